The van der Waals surface area contributed by atoms with E-state index < -0.39 is 0 Å². The first-order valence-corrected chi connectivity index (χ1v) is 1.78. The van der Waals surface area contributed by atoms with Crippen LogP contribution in [0.25, 0.3) is 0 Å². The van der Waals surface area contributed by atoms with Crippen LogP contribution in [-0.2, 0) is 0 Å². The third kappa shape index (κ3) is 5.00. The average Bonchev–Trinajstić information content (AvgIpc) is 1.27. The molecule has 0 saturated carbocycles. The lowest BCUT2D eigenvalue weighted by molar-refractivity contribution is 1.48. The van der Waals surface area contributed by atoms with E-state index in [1.807, 2.05) is 0 Å². The summed E-state index contributed by atoms with van der Waals surface area (Å²) in [5, 5.41) is 13.2. The molecule has 0 radical (unpaired) electrons. The van der Waals surface area contributed by atoms with Crippen molar-refractivity contribution in [3.63, 3.8) is 0 Å². The van der Waals surface area contributed by atoms with E-state index >= 15 is 0 Å². The molecule has 0 bridgehead atoms. The predicted octanol–water partition coefficient (Wildman–Crippen LogP) is -1.79. The number of hydrogen-bond donors (Lipinski definition) is 4. The molecule has 0 heterocycles. The van der Waals surface area contributed by atoms with E-state index in [2.05, 4.69) is 0 Å². The first-order valence-electron chi connectivity index (χ1n) is 1.78. The first kappa shape index (κ1) is 6.00. The molecule has 0 saturated heterocycles. The Balaban J connectivity index is 3.32. The third-order valence-electron chi connectivity index (χ3n) is 0.381. The topological polar surface area (TPSA) is 99.7 Å². The molecule has 0 aliphatic carbocycles. The zero-order chi connectivity index (χ0) is 5.86. The lowest BCUT2D eigenvalue weighted by atomic mass is 9.76. The molecule has 0 aromatic carbocycles. The van der Waals surface area contributed by atoms with Crippen molar-refractivity contribution in [2.24, 2.45) is 11.5 Å². The van der Waals surface area contributed by atoms with Gasteiger partial charge < -0.3 is 11.5 Å². The predicted molar refractivity (Wildman–Crippen MR) is 31.0 cm³/mol. The maximum atomic E-state index is 6.58. The Morgan fingerprint density at radius 1 is 1.14 bits per heavy atom. The molecule has 0 spiro atoms. The minimum Gasteiger partial charge on any atom is -0.396 e. The van der Waals surface area contributed by atoms with E-state index in [9.17, 15) is 0 Å². The Hall–Kier alpha value is -0.995. The summed E-state index contributed by atoms with van der Waals surface area (Å²) >= 11 is 0. The van der Waals surface area contributed by atoms with Crippen molar-refractivity contribution in [2.75, 3.05) is 0 Å². The van der Waals surface area contributed by atoms with Crippen LogP contribution in [0.3, 0.4) is 0 Å². The van der Waals surface area contributed by atoms with Crippen LogP contribution < -0.4 is 11.5 Å². The number of hydrogen-bond acceptors (Lipinski definition) is 2. The maximum Gasteiger partial charge on any atom is 0.280 e. The summed E-state index contributed by atoms with van der Waals surface area (Å²) in [5.74, 6) is 0. The van der Waals surface area contributed by atoms with Crippen molar-refractivity contribution in [3.8, 4) is 0 Å². The molecule has 0 rings (SSSR count). The molecule has 38 valence electrons. The molecular formula is C2H7BN4. The van der Waals surface area contributed by atoms with Crippen LogP contribution in [0.5, 0.6) is 0 Å². The molecule has 0 atom stereocenters. The molecule has 0 amide bonds. The minimum absolute atomic E-state index is 0.0625. The van der Waals surface area contributed by atoms with Crippen molar-refractivity contribution in [2.45, 2.75) is 0 Å². The SMILES string of the molecule is N=C(N)BC(=N)N. The number of nitrogens with two attached hydrogens (primary N) is 2. The summed E-state index contributed by atoms with van der Waals surface area (Å²) in [4.78, 5) is 0. The first-order chi connectivity index (χ1) is 3.13. The van der Waals surface area contributed by atoms with Gasteiger partial charge in [-0.25, -0.2) is 0 Å². The maximum absolute atomic E-state index is 6.58. The standard InChI is InChI=1S/C2H7BN4/c4-1(5)3-2(6)7/h3H,(H3,4,5)(H3,6,7). The zero-order valence-corrected chi connectivity index (χ0v) is 3.86. The van der Waals surface area contributed by atoms with Crippen LogP contribution in [0.2, 0.25) is 0 Å². The highest BCUT2D eigenvalue weighted by Crippen LogP contribution is 1.52. The second-order valence-corrected chi connectivity index (χ2v) is 1.23. The van der Waals surface area contributed by atoms with Crippen LogP contribution in [0.4, 0.5) is 0 Å². The van der Waals surface area contributed by atoms with E-state index in [0.29, 0.717) is 0 Å². The van der Waals surface area contributed by atoms with Gasteiger partial charge in [-0.05, 0) is 0 Å². The Bertz CT molecular complexity index is 85.9. The Labute approximate surface area is 42.1 Å². The van der Waals surface area contributed by atoms with Crippen molar-refractivity contribution in [1.82, 2.24) is 0 Å². The molecule has 7 heavy (non-hydrogen) atoms. The van der Waals surface area contributed by atoms with E-state index in [1.165, 1.54) is 0 Å². The smallest absolute Gasteiger partial charge is 0.280 e. The summed E-state index contributed by atoms with van der Waals surface area (Å²) in [6.07, 6.45) is 0. The van der Waals surface area contributed by atoms with Gasteiger partial charge in [0.15, 0.2) is 0 Å². The van der Waals surface area contributed by atoms with Gasteiger partial charge in [0.25, 0.3) is 7.28 Å². The molecular weight excluding hydrogens is 90.9 g/mol. The van der Waals surface area contributed by atoms with Crippen LogP contribution in [0, 0.1) is 10.8 Å². The number of rotatable bonds is 2. The number of amidine groups is 2. The number of nitrogens with one attached hydrogen (secondary N) is 2. The van der Waals surface area contributed by atoms with Crippen LogP contribution >= 0.6 is 0 Å². The van der Waals surface area contributed by atoms with Gasteiger partial charge in [0.2, 0.25) is 0 Å². The van der Waals surface area contributed by atoms with Gasteiger partial charge in [-0.2, -0.15) is 0 Å². The van der Waals surface area contributed by atoms with Gasteiger partial charge in [-0.1, -0.05) is 0 Å². The van der Waals surface area contributed by atoms with Gasteiger partial charge in [-0.3, -0.25) is 10.8 Å². The normalized spacial score (nSPS) is 7.43. The largest absolute Gasteiger partial charge is 0.396 e. The quantitative estimate of drug-likeness (QED) is 0.186. The molecule has 0 aliphatic rings. The fourth-order valence-corrected chi connectivity index (χ4v) is 0.205. The molecule has 0 unspecified atom stereocenters. The second kappa shape index (κ2) is 2.23. The van der Waals surface area contributed by atoms with Crippen LogP contribution in [0.1, 0.15) is 0 Å². The average molecular weight is 97.9 g/mol. The van der Waals surface area contributed by atoms with Crippen molar-refractivity contribution in [3.05, 3.63) is 0 Å². The lowest BCUT2D eigenvalue weighted by Crippen LogP contribution is -2.30. The Morgan fingerprint density at radius 3 is 1.43 bits per heavy atom. The van der Waals surface area contributed by atoms with Crippen molar-refractivity contribution >= 4 is 18.7 Å². The van der Waals surface area contributed by atoms with E-state index in [-0.39, 0.29) is 18.7 Å². The minimum atomic E-state index is -0.0625. The van der Waals surface area contributed by atoms with Gasteiger partial charge in [0.05, 0.1) is 11.5 Å². The molecule has 0 aromatic heterocycles. The molecule has 4 nitrogen and oxygen atoms in total. The van der Waals surface area contributed by atoms with Crippen LogP contribution in [0.15, 0.2) is 0 Å². The van der Waals surface area contributed by atoms with Crippen molar-refractivity contribution in [1.29, 1.82) is 10.8 Å². The zero-order valence-electron chi connectivity index (χ0n) is 3.86. The summed E-state index contributed by atoms with van der Waals surface area (Å²) in [6.45, 7) is 0. The summed E-state index contributed by atoms with van der Waals surface area (Å²) in [7, 11) is 0.0833. The van der Waals surface area contributed by atoms with E-state index in [4.69, 9.17) is 22.3 Å². The van der Waals surface area contributed by atoms with Crippen molar-refractivity contribution < 1.29 is 0 Å². The molecule has 6 N–H and O–H groups in total. The Kier molecular flexibility index (Phi) is 1.91. The summed E-state index contributed by atoms with van der Waals surface area (Å²) in [5.41, 5.74) is 9.59. The second-order valence-electron chi connectivity index (χ2n) is 1.23. The Morgan fingerprint density at radius 2 is 1.43 bits per heavy atom. The fraction of sp³-hybridized carbons (Fsp3) is 0. The summed E-state index contributed by atoms with van der Waals surface area (Å²) < 4.78 is 0. The van der Waals surface area contributed by atoms with Gasteiger partial charge >= 0.3 is 0 Å². The van der Waals surface area contributed by atoms with E-state index in [0.717, 1.165) is 0 Å². The van der Waals surface area contributed by atoms with Gasteiger partial charge in [0.1, 0.15) is 0 Å². The molecule has 5 heteroatoms. The molecule has 0 aromatic rings. The lowest BCUT2D eigenvalue weighted by Gasteiger charge is -1.87. The van der Waals surface area contributed by atoms with E-state index in [1.54, 1.807) is 0 Å². The highest BCUT2D eigenvalue weighted by Gasteiger charge is 1.93. The van der Waals surface area contributed by atoms with Gasteiger partial charge in [-0.15, -0.1) is 0 Å². The molecule has 0 fully saturated rings. The van der Waals surface area contributed by atoms with Gasteiger partial charge in [0, 0.05) is 0 Å². The fourth-order valence-electron chi connectivity index (χ4n) is 0.205. The highest BCUT2D eigenvalue weighted by molar-refractivity contribution is 6.97. The monoisotopic (exact) mass is 98.1 g/mol. The third-order valence-corrected chi connectivity index (χ3v) is 0.381. The summed E-state index contributed by atoms with van der Waals surface area (Å²) in [6, 6.07) is 0. The highest BCUT2D eigenvalue weighted by atomic mass is 14.7. The van der Waals surface area contributed by atoms with Crippen LogP contribution in [-0.4, -0.2) is 18.7 Å². The molecule has 0 aliphatic heterocycles.